The molecular weight excluding hydrogens is 463 g/mol. The molecule has 1 saturated heterocycles. The molecule has 1 fully saturated rings. The molecule has 0 spiro atoms. The lowest BCUT2D eigenvalue weighted by atomic mass is 10.1. The summed E-state index contributed by atoms with van der Waals surface area (Å²) in [5, 5.41) is 12.2. The third-order valence-electron chi connectivity index (χ3n) is 5.88. The third-order valence-corrected chi connectivity index (χ3v) is 5.88. The van der Waals surface area contributed by atoms with Crippen LogP contribution in [-0.2, 0) is 9.59 Å². The number of nitriles is 1. The van der Waals surface area contributed by atoms with E-state index in [4.69, 9.17) is 0 Å². The van der Waals surface area contributed by atoms with E-state index in [1.165, 1.54) is 11.9 Å². The highest BCUT2D eigenvalue weighted by atomic mass is 19.2. The van der Waals surface area contributed by atoms with Crippen molar-refractivity contribution in [3.63, 3.8) is 0 Å². The van der Waals surface area contributed by atoms with Gasteiger partial charge >= 0.3 is 0 Å². The first-order chi connectivity index (χ1) is 16.7. The fraction of sp³-hybridized carbons (Fsp3) is 0.250. The Morgan fingerprint density at radius 1 is 1.17 bits per heavy atom. The first-order valence-electron chi connectivity index (χ1n) is 10.7. The normalized spacial score (nSPS) is 17.3. The van der Waals surface area contributed by atoms with E-state index in [2.05, 4.69) is 10.3 Å². The molecule has 1 aliphatic rings. The average Bonchev–Trinajstić information content (AvgIpc) is 3.47. The lowest BCUT2D eigenvalue weighted by Crippen LogP contribution is -2.43. The fourth-order valence-corrected chi connectivity index (χ4v) is 4.06. The monoisotopic (exact) mass is 483 g/mol. The highest BCUT2D eigenvalue weighted by Gasteiger charge is 2.39. The second-order valence-corrected chi connectivity index (χ2v) is 8.27. The zero-order valence-corrected chi connectivity index (χ0v) is 18.5. The van der Waals surface area contributed by atoms with Gasteiger partial charge in [-0.3, -0.25) is 14.4 Å². The second-order valence-electron chi connectivity index (χ2n) is 8.27. The number of fused-ring (bicyclic) bond motifs is 1. The zero-order valence-electron chi connectivity index (χ0n) is 18.5. The molecule has 3 aromatic rings. The van der Waals surface area contributed by atoms with Gasteiger partial charge in [0.1, 0.15) is 11.7 Å². The number of hydrogen-bond acceptors (Lipinski definition) is 4. The van der Waals surface area contributed by atoms with E-state index in [1.807, 2.05) is 6.07 Å². The smallest absolute Gasteiger partial charge is 0.270 e. The van der Waals surface area contributed by atoms with Crippen molar-refractivity contribution < 1.29 is 27.6 Å². The van der Waals surface area contributed by atoms with Crippen LogP contribution < -0.4 is 5.32 Å². The van der Waals surface area contributed by atoms with Crippen LogP contribution >= 0.6 is 0 Å². The molecule has 0 saturated carbocycles. The van der Waals surface area contributed by atoms with Crippen molar-refractivity contribution in [1.29, 1.82) is 5.26 Å². The minimum Gasteiger partial charge on any atom is -0.348 e. The van der Waals surface area contributed by atoms with Crippen molar-refractivity contribution in [2.75, 3.05) is 25.5 Å². The molecule has 1 aromatic heterocycles. The second kappa shape index (κ2) is 9.50. The number of benzene rings is 2. The molecule has 180 valence electrons. The van der Waals surface area contributed by atoms with Crippen molar-refractivity contribution in [3.05, 3.63) is 65.6 Å². The van der Waals surface area contributed by atoms with Gasteiger partial charge in [0, 0.05) is 24.7 Å². The van der Waals surface area contributed by atoms with Crippen molar-refractivity contribution in [1.82, 2.24) is 14.8 Å². The summed E-state index contributed by atoms with van der Waals surface area (Å²) in [5.41, 5.74) is 0.0524. The maximum atomic E-state index is 14.0. The molecule has 2 heterocycles. The molecule has 35 heavy (non-hydrogen) atoms. The minimum absolute atomic E-state index is 0.00785. The number of likely N-dealkylation sites (tertiary alicyclic amines) is 1. The molecule has 1 aliphatic heterocycles. The van der Waals surface area contributed by atoms with Gasteiger partial charge < -0.3 is 20.1 Å². The molecule has 2 aromatic carbocycles. The van der Waals surface area contributed by atoms with E-state index in [1.54, 1.807) is 30.3 Å². The van der Waals surface area contributed by atoms with Gasteiger partial charge in [-0.15, -0.1) is 0 Å². The van der Waals surface area contributed by atoms with Crippen molar-refractivity contribution in [2.24, 2.45) is 5.92 Å². The van der Waals surface area contributed by atoms with Crippen LogP contribution in [0, 0.1) is 34.7 Å². The van der Waals surface area contributed by atoms with Gasteiger partial charge in [-0.25, -0.2) is 13.2 Å². The molecule has 8 nitrogen and oxygen atoms in total. The third kappa shape index (κ3) is 4.68. The molecule has 3 amide bonds. The Morgan fingerprint density at radius 2 is 1.89 bits per heavy atom. The van der Waals surface area contributed by atoms with E-state index >= 15 is 0 Å². The summed E-state index contributed by atoms with van der Waals surface area (Å²) in [6, 6.07) is 11.9. The van der Waals surface area contributed by atoms with Gasteiger partial charge in [0.05, 0.1) is 24.0 Å². The summed E-state index contributed by atoms with van der Waals surface area (Å²) in [7, 11) is 1.32. The Morgan fingerprint density at radius 3 is 2.57 bits per heavy atom. The van der Waals surface area contributed by atoms with Crippen LogP contribution in [0.5, 0.6) is 0 Å². The highest BCUT2D eigenvalue weighted by molar-refractivity contribution is 6.00. The van der Waals surface area contributed by atoms with Gasteiger partial charge in [0.2, 0.25) is 11.8 Å². The van der Waals surface area contributed by atoms with Crippen LogP contribution in [0.4, 0.5) is 18.9 Å². The molecule has 0 aliphatic carbocycles. The predicted octanol–water partition coefficient (Wildman–Crippen LogP) is 3.04. The molecule has 2 unspecified atom stereocenters. The SMILES string of the molecule is CN(CC(=O)N1CC(C(=O)Nc2ccccc2)CC1C#N)C(=O)c1cc2cc(F)c(F)c(F)c2[nH]1. The van der Waals surface area contributed by atoms with E-state index < -0.39 is 47.8 Å². The average molecular weight is 483 g/mol. The Bertz CT molecular complexity index is 1350. The minimum atomic E-state index is -1.66. The topological polar surface area (TPSA) is 109 Å². The fourth-order valence-electron chi connectivity index (χ4n) is 4.06. The maximum absolute atomic E-state index is 14.0. The van der Waals surface area contributed by atoms with Crippen LogP contribution in [-0.4, -0.2) is 58.7 Å². The summed E-state index contributed by atoms with van der Waals surface area (Å²) in [6.07, 6.45) is 0.150. The number of anilines is 1. The first kappa shape index (κ1) is 23.8. The molecule has 11 heteroatoms. The number of H-pyrrole nitrogens is 1. The molecule has 0 bridgehead atoms. The van der Waals surface area contributed by atoms with Gasteiger partial charge in [0.25, 0.3) is 5.91 Å². The van der Waals surface area contributed by atoms with E-state index in [9.17, 15) is 32.8 Å². The Labute approximate surface area is 197 Å². The van der Waals surface area contributed by atoms with Gasteiger partial charge in [-0.2, -0.15) is 5.26 Å². The maximum Gasteiger partial charge on any atom is 0.270 e. The number of nitrogens with zero attached hydrogens (tertiary/aromatic N) is 3. The Hall–Kier alpha value is -4.33. The van der Waals surface area contributed by atoms with Crippen LogP contribution in [0.2, 0.25) is 0 Å². The predicted molar refractivity (Wildman–Crippen MR) is 119 cm³/mol. The number of hydrogen-bond donors (Lipinski definition) is 2. The van der Waals surface area contributed by atoms with Gasteiger partial charge in [-0.05, 0) is 30.7 Å². The van der Waals surface area contributed by atoms with E-state index in [0.29, 0.717) is 5.69 Å². The molecule has 4 rings (SSSR count). The quantitative estimate of drug-likeness (QED) is 0.544. The van der Waals surface area contributed by atoms with Crippen molar-refractivity contribution in [3.8, 4) is 6.07 Å². The van der Waals surface area contributed by atoms with Gasteiger partial charge in [-0.1, -0.05) is 18.2 Å². The number of rotatable bonds is 5. The lowest BCUT2D eigenvalue weighted by molar-refractivity contribution is -0.131. The highest BCUT2D eigenvalue weighted by Crippen LogP contribution is 2.26. The number of carbonyl (C=O) groups is 3. The molecular formula is C24H20F3N5O3. The van der Waals surface area contributed by atoms with E-state index in [0.717, 1.165) is 17.0 Å². The summed E-state index contributed by atoms with van der Waals surface area (Å²) in [5.74, 6) is -6.71. The number of carbonyl (C=O) groups excluding carboxylic acids is 3. The molecule has 0 radical (unpaired) electrons. The first-order valence-corrected chi connectivity index (χ1v) is 10.7. The zero-order chi connectivity index (χ0) is 25.3. The molecule has 2 N–H and O–H groups in total. The number of likely N-dealkylation sites (N-methyl/N-ethyl adjacent to an activating group) is 1. The van der Waals surface area contributed by atoms with Crippen LogP contribution in [0.1, 0.15) is 16.9 Å². The Kier molecular flexibility index (Phi) is 6.46. The summed E-state index contributed by atoms with van der Waals surface area (Å²) in [6.45, 7) is -0.418. The van der Waals surface area contributed by atoms with Crippen LogP contribution in [0.3, 0.4) is 0 Å². The standard InChI is InChI=1S/C24H20F3N5O3/c1-31(24(35)18-9-13-8-17(25)20(26)21(27)22(13)30-18)12-19(33)32-11-14(7-16(32)10-28)23(34)29-15-5-3-2-4-6-15/h2-6,8-9,14,16,30H,7,11-12H2,1H3,(H,29,34). The summed E-state index contributed by atoms with van der Waals surface area (Å²) < 4.78 is 40.9. The number of nitrogens with one attached hydrogen (secondary N) is 2. The number of aromatic amines is 1. The van der Waals surface area contributed by atoms with Crippen molar-refractivity contribution in [2.45, 2.75) is 12.5 Å². The number of aromatic nitrogens is 1. The largest absolute Gasteiger partial charge is 0.348 e. The summed E-state index contributed by atoms with van der Waals surface area (Å²) >= 11 is 0. The van der Waals surface area contributed by atoms with Crippen LogP contribution in [0.25, 0.3) is 10.9 Å². The van der Waals surface area contributed by atoms with Crippen LogP contribution in [0.15, 0.2) is 42.5 Å². The van der Waals surface area contributed by atoms with Crippen molar-refractivity contribution >= 4 is 34.3 Å². The Balaban J connectivity index is 1.43. The summed E-state index contributed by atoms with van der Waals surface area (Å²) in [4.78, 5) is 42.9. The number of halogens is 3. The lowest BCUT2D eigenvalue weighted by Gasteiger charge is -2.23. The van der Waals surface area contributed by atoms with Gasteiger partial charge in [0.15, 0.2) is 17.5 Å². The number of amides is 3. The number of para-hydroxylation sites is 1. The van der Waals surface area contributed by atoms with E-state index in [-0.39, 0.29) is 35.5 Å². The molecule has 2 atom stereocenters.